The standard InChI is InChI=1S/C22H24F3NS/c1-5-18-9-10-19(13-15(18)2)21(16(3)26-4)27-12-11-17-7-6-8-20(14-17)22(23,24)25/h6-10,13-14H,4-5,11-12H2,1-3H3/b21-16-. The SMILES string of the molecule is C=N/C(C)=C(\SCCc1cccc(C(F)(F)F)c1)c1ccc(CC)c(C)c1. The van der Waals surface area contributed by atoms with Crippen molar-refractivity contribution in [2.24, 2.45) is 4.99 Å². The number of hydrogen-bond donors (Lipinski definition) is 0. The van der Waals surface area contributed by atoms with E-state index in [0.717, 1.165) is 28.7 Å². The number of hydrogen-bond acceptors (Lipinski definition) is 2. The van der Waals surface area contributed by atoms with E-state index < -0.39 is 11.7 Å². The van der Waals surface area contributed by atoms with E-state index in [2.05, 4.69) is 43.8 Å². The molecular weight excluding hydrogens is 367 g/mol. The van der Waals surface area contributed by atoms with Crippen LogP contribution in [0, 0.1) is 6.92 Å². The Kier molecular flexibility index (Phi) is 7.31. The van der Waals surface area contributed by atoms with Crippen LogP contribution < -0.4 is 0 Å². The third-order valence-corrected chi connectivity index (χ3v) is 5.67. The summed E-state index contributed by atoms with van der Waals surface area (Å²) in [6, 6.07) is 11.9. The van der Waals surface area contributed by atoms with Crippen molar-refractivity contribution in [2.45, 2.75) is 39.8 Å². The van der Waals surface area contributed by atoms with Gasteiger partial charge >= 0.3 is 6.18 Å². The minimum Gasteiger partial charge on any atom is -0.268 e. The highest BCUT2D eigenvalue weighted by Gasteiger charge is 2.30. The minimum absolute atomic E-state index is 0.550. The molecule has 0 aliphatic heterocycles. The summed E-state index contributed by atoms with van der Waals surface area (Å²) in [5.74, 6) is 0.665. The van der Waals surface area contributed by atoms with Gasteiger partial charge in [0.05, 0.1) is 11.3 Å². The van der Waals surface area contributed by atoms with E-state index in [0.29, 0.717) is 17.7 Å². The second-order valence-corrected chi connectivity index (χ2v) is 7.47. The van der Waals surface area contributed by atoms with Crippen molar-refractivity contribution in [2.75, 3.05) is 5.75 Å². The Balaban J connectivity index is 2.15. The molecule has 0 saturated carbocycles. The Bertz CT molecular complexity index is 838. The summed E-state index contributed by atoms with van der Waals surface area (Å²) in [6.45, 7) is 9.74. The lowest BCUT2D eigenvalue weighted by atomic mass is 10.0. The second kappa shape index (κ2) is 9.27. The predicted molar refractivity (Wildman–Crippen MR) is 110 cm³/mol. The molecule has 0 unspecified atom stereocenters. The van der Waals surface area contributed by atoms with Crippen molar-refractivity contribution in [3.05, 3.63) is 76.0 Å². The summed E-state index contributed by atoms with van der Waals surface area (Å²) >= 11 is 1.60. The van der Waals surface area contributed by atoms with E-state index in [-0.39, 0.29) is 0 Å². The van der Waals surface area contributed by atoms with Crippen molar-refractivity contribution >= 4 is 23.4 Å². The van der Waals surface area contributed by atoms with Crippen LogP contribution in [0.2, 0.25) is 0 Å². The van der Waals surface area contributed by atoms with Crippen molar-refractivity contribution in [3.8, 4) is 0 Å². The zero-order valence-electron chi connectivity index (χ0n) is 15.9. The number of thioether (sulfide) groups is 1. The van der Waals surface area contributed by atoms with E-state index in [1.165, 1.54) is 23.3 Å². The monoisotopic (exact) mass is 391 g/mol. The van der Waals surface area contributed by atoms with Crippen molar-refractivity contribution in [1.29, 1.82) is 0 Å². The van der Waals surface area contributed by atoms with Gasteiger partial charge in [-0.2, -0.15) is 13.2 Å². The number of aryl methyl sites for hydroxylation is 3. The maximum absolute atomic E-state index is 12.9. The summed E-state index contributed by atoms with van der Waals surface area (Å²) in [5, 5.41) is 0. The molecular formula is C22H24F3NS. The first-order valence-electron chi connectivity index (χ1n) is 8.82. The number of allylic oxidation sites excluding steroid dienone is 1. The van der Waals surface area contributed by atoms with Crippen LogP contribution in [-0.2, 0) is 19.0 Å². The third-order valence-electron chi connectivity index (χ3n) is 4.44. The largest absolute Gasteiger partial charge is 0.416 e. The fourth-order valence-corrected chi connectivity index (χ4v) is 3.99. The summed E-state index contributed by atoms with van der Waals surface area (Å²) in [6.07, 6.45) is -2.78. The molecule has 0 radical (unpaired) electrons. The molecule has 0 amide bonds. The van der Waals surface area contributed by atoms with Crippen LogP contribution in [0.25, 0.3) is 4.91 Å². The molecule has 5 heteroatoms. The molecule has 144 valence electrons. The molecule has 1 nitrogen and oxygen atoms in total. The molecule has 2 aromatic rings. The Morgan fingerprint density at radius 3 is 2.48 bits per heavy atom. The van der Waals surface area contributed by atoms with Crippen molar-refractivity contribution in [1.82, 2.24) is 0 Å². The van der Waals surface area contributed by atoms with Gasteiger partial charge in [-0.1, -0.05) is 43.3 Å². The zero-order chi connectivity index (χ0) is 20.0. The van der Waals surface area contributed by atoms with Gasteiger partial charge in [-0.3, -0.25) is 4.99 Å². The number of aliphatic imine (C=N–C) groups is 1. The smallest absolute Gasteiger partial charge is 0.268 e. The predicted octanol–water partition coefficient (Wildman–Crippen LogP) is 6.94. The molecule has 0 aliphatic carbocycles. The van der Waals surface area contributed by atoms with Gasteiger partial charge in [0.15, 0.2) is 0 Å². The molecule has 0 heterocycles. The van der Waals surface area contributed by atoms with Gasteiger partial charge < -0.3 is 0 Å². The summed E-state index contributed by atoms with van der Waals surface area (Å²) in [4.78, 5) is 5.09. The number of alkyl halides is 3. The molecule has 0 atom stereocenters. The first kappa shape index (κ1) is 21.3. The van der Waals surface area contributed by atoms with Crippen molar-refractivity contribution in [3.63, 3.8) is 0 Å². The molecule has 27 heavy (non-hydrogen) atoms. The number of halogens is 3. The lowest BCUT2D eigenvalue weighted by Gasteiger charge is -2.13. The highest BCUT2D eigenvalue weighted by Crippen LogP contribution is 2.34. The molecule has 0 aliphatic rings. The second-order valence-electron chi connectivity index (χ2n) is 6.36. The van der Waals surface area contributed by atoms with Crippen LogP contribution >= 0.6 is 11.8 Å². The van der Waals surface area contributed by atoms with Crippen LogP contribution in [0.1, 0.15) is 41.7 Å². The quantitative estimate of drug-likeness (QED) is 0.466. The van der Waals surface area contributed by atoms with Crippen LogP contribution in [0.5, 0.6) is 0 Å². The van der Waals surface area contributed by atoms with Gasteiger partial charge in [0, 0.05) is 10.7 Å². The average molecular weight is 392 g/mol. The van der Waals surface area contributed by atoms with E-state index in [1.54, 1.807) is 17.8 Å². The molecule has 2 rings (SSSR count). The maximum Gasteiger partial charge on any atom is 0.416 e. The van der Waals surface area contributed by atoms with Crippen LogP contribution in [0.3, 0.4) is 0 Å². The molecule has 0 fully saturated rings. The van der Waals surface area contributed by atoms with E-state index in [4.69, 9.17) is 0 Å². The van der Waals surface area contributed by atoms with E-state index >= 15 is 0 Å². The summed E-state index contributed by atoms with van der Waals surface area (Å²) < 4.78 is 38.6. The fraction of sp³-hybridized carbons (Fsp3) is 0.318. The third kappa shape index (κ3) is 5.73. The first-order valence-corrected chi connectivity index (χ1v) is 9.81. The number of nitrogens with zero attached hydrogens (tertiary/aromatic N) is 1. The van der Waals surface area contributed by atoms with Gasteiger partial charge in [-0.05, 0) is 61.7 Å². The molecule has 0 aromatic heterocycles. The lowest BCUT2D eigenvalue weighted by molar-refractivity contribution is -0.137. The van der Waals surface area contributed by atoms with E-state index in [9.17, 15) is 13.2 Å². The number of benzene rings is 2. The van der Waals surface area contributed by atoms with Crippen LogP contribution in [-0.4, -0.2) is 12.5 Å². The average Bonchev–Trinajstić information content (AvgIpc) is 2.64. The topological polar surface area (TPSA) is 12.4 Å². The maximum atomic E-state index is 12.9. The lowest BCUT2D eigenvalue weighted by Crippen LogP contribution is -2.05. The highest BCUT2D eigenvalue weighted by molar-refractivity contribution is 8.08. The van der Waals surface area contributed by atoms with E-state index in [1.807, 2.05) is 6.92 Å². The number of rotatable bonds is 7. The molecule has 0 bridgehead atoms. The van der Waals surface area contributed by atoms with Crippen LogP contribution in [0.15, 0.2) is 53.2 Å². The zero-order valence-corrected chi connectivity index (χ0v) is 16.7. The normalized spacial score (nSPS) is 12.7. The summed E-state index contributed by atoms with van der Waals surface area (Å²) in [7, 11) is 0. The molecule has 0 spiro atoms. The fourth-order valence-electron chi connectivity index (χ4n) is 2.88. The van der Waals surface area contributed by atoms with Gasteiger partial charge in [-0.15, -0.1) is 11.8 Å². The molecule has 0 saturated heterocycles. The van der Waals surface area contributed by atoms with Gasteiger partial charge in [0.1, 0.15) is 0 Å². The Labute approximate surface area is 163 Å². The molecule has 0 N–H and O–H groups in total. The Morgan fingerprint density at radius 2 is 1.89 bits per heavy atom. The first-order chi connectivity index (χ1) is 12.8. The molecule has 2 aromatic carbocycles. The minimum atomic E-state index is -4.31. The summed E-state index contributed by atoms with van der Waals surface area (Å²) in [5.41, 5.74) is 4.50. The Morgan fingerprint density at radius 1 is 1.15 bits per heavy atom. The van der Waals surface area contributed by atoms with Gasteiger partial charge in [-0.25, -0.2) is 0 Å². The Hall–Kier alpha value is -2.01. The highest BCUT2D eigenvalue weighted by atomic mass is 32.2. The van der Waals surface area contributed by atoms with Crippen molar-refractivity contribution < 1.29 is 13.2 Å². The van der Waals surface area contributed by atoms with Gasteiger partial charge in [0.2, 0.25) is 0 Å². The van der Waals surface area contributed by atoms with Crippen LogP contribution in [0.4, 0.5) is 13.2 Å². The van der Waals surface area contributed by atoms with Gasteiger partial charge in [0.25, 0.3) is 0 Å².